The summed E-state index contributed by atoms with van der Waals surface area (Å²) in [5.74, 6) is -0.0472. The fraction of sp³-hybridized carbons (Fsp3) is 0.500. The maximum absolute atomic E-state index is 13.8. The van der Waals surface area contributed by atoms with Gasteiger partial charge in [-0.25, -0.2) is 14.6 Å². The second-order valence-electron chi connectivity index (χ2n) is 12.8. The lowest BCUT2D eigenvalue weighted by Crippen LogP contribution is -2.54. The third-order valence-corrected chi connectivity index (χ3v) is 8.76. The predicted octanol–water partition coefficient (Wildman–Crippen LogP) is 6.69. The molecule has 46 heavy (non-hydrogen) atoms. The number of hydrogen-bond acceptors (Lipinski definition) is 6. The third kappa shape index (κ3) is 12.5. The maximum atomic E-state index is 13.8. The molecule has 3 N–H and O–H groups in total. The number of nitrogens with one attached hydrogen (secondary N) is 3. The summed E-state index contributed by atoms with van der Waals surface area (Å²) in [7, 11) is 1.71. The summed E-state index contributed by atoms with van der Waals surface area (Å²) < 4.78 is 5.38. The van der Waals surface area contributed by atoms with E-state index >= 15 is 0 Å². The fourth-order valence-electron chi connectivity index (χ4n) is 5.11. The fourth-order valence-corrected chi connectivity index (χ4v) is 5.94. The molecule has 3 rings (SSSR count). The Bertz CT molecular complexity index is 1360. The van der Waals surface area contributed by atoms with Crippen molar-refractivity contribution in [3.05, 3.63) is 87.9 Å². The highest BCUT2D eigenvalue weighted by atomic mass is 32.1. The van der Waals surface area contributed by atoms with Gasteiger partial charge in [0.05, 0.1) is 23.4 Å². The van der Waals surface area contributed by atoms with Crippen molar-refractivity contribution in [1.29, 1.82) is 0 Å². The number of ether oxygens (including phenoxy) is 1. The Kier molecular flexibility index (Phi) is 14.5. The van der Waals surface area contributed by atoms with E-state index in [-0.39, 0.29) is 36.0 Å². The molecule has 0 saturated heterocycles. The van der Waals surface area contributed by atoms with Crippen molar-refractivity contribution in [2.75, 3.05) is 7.05 Å². The Hall–Kier alpha value is -3.92. The van der Waals surface area contributed by atoms with Crippen LogP contribution in [-0.4, -0.2) is 59.2 Å². The number of amides is 4. The van der Waals surface area contributed by atoms with E-state index in [2.05, 4.69) is 34.8 Å². The van der Waals surface area contributed by atoms with Gasteiger partial charge in [0.1, 0.15) is 6.04 Å². The Balaban J connectivity index is 1.71. The smallest absolute Gasteiger partial charge is 0.407 e. The Morgan fingerprint density at radius 3 is 1.83 bits per heavy atom. The zero-order chi connectivity index (χ0) is 33.6. The van der Waals surface area contributed by atoms with Crippen LogP contribution in [0.25, 0.3) is 0 Å². The number of aromatic nitrogens is 1. The number of alkyl carbamates (subject to hydrolysis) is 1. The standard InChI is InChI=1S/C36H51N5O4S/c1-24(2)32(40-35(43)41(7)22-31-23-46-34(38-31)25(3)4)33(42)37-29(20-27-14-10-8-11-15-27)18-19-30(39-36(44)45-26(5)6)21-28-16-12-9-13-17-28/h8-17,23-26,29-30,32H,18-22H2,1-7H3,(H,37,42)(H,39,44)(H,40,43)/t29-,30-,32+/m1/s1. The molecule has 9 nitrogen and oxygen atoms in total. The molecule has 0 unspecified atom stereocenters. The van der Waals surface area contributed by atoms with Gasteiger partial charge >= 0.3 is 12.1 Å². The van der Waals surface area contributed by atoms with Crippen LogP contribution in [0.2, 0.25) is 0 Å². The molecule has 10 heteroatoms. The normalized spacial score (nSPS) is 13.3. The lowest BCUT2D eigenvalue weighted by molar-refractivity contribution is -0.124. The van der Waals surface area contributed by atoms with Crippen LogP contribution in [0.5, 0.6) is 0 Å². The van der Waals surface area contributed by atoms with Crippen molar-refractivity contribution in [2.24, 2.45) is 5.92 Å². The molecular formula is C36H51N5O4S. The second kappa shape index (κ2) is 18.3. The van der Waals surface area contributed by atoms with Crippen LogP contribution in [0.4, 0.5) is 9.59 Å². The zero-order valence-electron chi connectivity index (χ0n) is 28.3. The molecule has 1 aromatic heterocycles. The van der Waals surface area contributed by atoms with E-state index in [0.29, 0.717) is 38.1 Å². The molecule has 4 amide bonds. The summed E-state index contributed by atoms with van der Waals surface area (Å²) in [6, 6.07) is 18.5. The molecule has 0 spiro atoms. The largest absolute Gasteiger partial charge is 0.447 e. The van der Waals surface area contributed by atoms with Crippen molar-refractivity contribution in [1.82, 2.24) is 25.8 Å². The van der Waals surface area contributed by atoms with Gasteiger partial charge in [-0.2, -0.15) is 0 Å². The molecular weight excluding hydrogens is 598 g/mol. The number of nitrogens with zero attached hydrogens (tertiary/aromatic N) is 2. The van der Waals surface area contributed by atoms with Crippen LogP contribution in [0.15, 0.2) is 66.0 Å². The van der Waals surface area contributed by atoms with E-state index in [1.165, 1.54) is 0 Å². The van der Waals surface area contributed by atoms with Gasteiger partial charge in [-0.1, -0.05) is 88.4 Å². The van der Waals surface area contributed by atoms with Crippen LogP contribution >= 0.6 is 11.3 Å². The van der Waals surface area contributed by atoms with E-state index in [4.69, 9.17) is 4.74 Å². The molecule has 3 aromatic rings. The van der Waals surface area contributed by atoms with Gasteiger partial charge in [-0.05, 0) is 56.6 Å². The Labute approximate surface area is 278 Å². The lowest BCUT2D eigenvalue weighted by atomic mass is 9.95. The van der Waals surface area contributed by atoms with Crippen LogP contribution in [-0.2, 0) is 28.9 Å². The maximum Gasteiger partial charge on any atom is 0.407 e. The summed E-state index contributed by atoms with van der Waals surface area (Å²) in [6.45, 7) is 12.0. The minimum absolute atomic E-state index is 0.139. The van der Waals surface area contributed by atoms with Crippen molar-refractivity contribution in [2.45, 2.75) is 104 Å². The van der Waals surface area contributed by atoms with Crippen molar-refractivity contribution < 1.29 is 19.1 Å². The van der Waals surface area contributed by atoms with Gasteiger partial charge in [0.15, 0.2) is 0 Å². The van der Waals surface area contributed by atoms with Crippen LogP contribution in [0.1, 0.15) is 82.1 Å². The van der Waals surface area contributed by atoms with E-state index in [0.717, 1.165) is 21.8 Å². The SMILES string of the molecule is CC(C)OC(=O)N[C@H](CC[C@H](Cc1ccccc1)NC(=O)[C@@H](NC(=O)N(C)Cc1csc(C(C)C)n1)C(C)C)Cc1ccccc1. The topological polar surface area (TPSA) is 113 Å². The van der Waals surface area contributed by atoms with E-state index in [1.54, 1.807) is 23.3 Å². The van der Waals surface area contributed by atoms with E-state index < -0.39 is 12.1 Å². The Morgan fingerprint density at radius 2 is 1.35 bits per heavy atom. The van der Waals surface area contributed by atoms with Crippen LogP contribution in [0.3, 0.4) is 0 Å². The van der Waals surface area contributed by atoms with Gasteiger partial charge in [0.2, 0.25) is 5.91 Å². The summed E-state index contributed by atoms with van der Waals surface area (Å²) in [5, 5.41) is 12.2. The molecule has 0 radical (unpaired) electrons. The molecule has 3 atom stereocenters. The average Bonchev–Trinajstić information content (AvgIpc) is 3.47. The first-order chi connectivity index (χ1) is 21.9. The molecule has 0 fully saturated rings. The minimum Gasteiger partial charge on any atom is -0.447 e. The third-order valence-electron chi connectivity index (χ3n) is 7.56. The van der Waals surface area contributed by atoms with Gasteiger partial charge in [-0.3, -0.25) is 4.79 Å². The molecule has 0 aliphatic carbocycles. The van der Waals surface area contributed by atoms with E-state index in [1.807, 2.05) is 93.7 Å². The lowest BCUT2D eigenvalue weighted by Gasteiger charge is -2.28. The molecule has 250 valence electrons. The zero-order valence-corrected chi connectivity index (χ0v) is 29.1. The van der Waals surface area contributed by atoms with Crippen molar-refractivity contribution >= 4 is 29.4 Å². The highest BCUT2D eigenvalue weighted by Crippen LogP contribution is 2.20. The highest BCUT2D eigenvalue weighted by Gasteiger charge is 2.28. The van der Waals surface area contributed by atoms with Gasteiger partial charge < -0.3 is 25.6 Å². The number of carbonyl (C=O) groups is 3. The first-order valence-electron chi connectivity index (χ1n) is 16.2. The number of hydrogen-bond donors (Lipinski definition) is 3. The quantitative estimate of drug-likeness (QED) is 0.160. The highest BCUT2D eigenvalue weighted by molar-refractivity contribution is 7.09. The number of rotatable bonds is 16. The summed E-state index contributed by atoms with van der Waals surface area (Å²) in [4.78, 5) is 45.8. The van der Waals surface area contributed by atoms with Gasteiger partial charge in [0.25, 0.3) is 0 Å². The number of carbonyl (C=O) groups excluding carboxylic acids is 3. The van der Waals surface area contributed by atoms with Crippen molar-refractivity contribution in [3.63, 3.8) is 0 Å². The molecule has 1 heterocycles. The van der Waals surface area contributed by atoms with Gasteiger partial charge in [0, 0.05) is 30.4 Å². The Morgan fingerprint density at radius 1 is 0.804 bits per heavy atom. The van der Waals surface area contributed by atoms with Crippen LogP contribution < -0.4 is 16.0 Å². The van der Waals surface area contributed by atoms with Crippen LogP contribution in [0, 0.1) is 5.92 Å². The minimum atomic E-state index is -0.728. The van der Waals surface area contributed by atoms with E-state index in [9.17, 15) is 14.4 Å². The second-order valence-corrected chi connectivity index (χ2v) is 13.7. The van der Waals surface area contributed by atoms with Gasteiger partial charge in [-0.15, -0.1) is 11.3 Å². The number of benzene rings is 2. The monoisotopic (exact) mass is 649 g/mol. The average molecular weight is 650 g/mol. The molecule has 0 bridgehead atoms. The summed E-state index contributed by atoms with van der Waals surface area (Å²) in [6.07, 6.45) is 1.79. The van der Waals surface area contributed by atoms with Crippen molar-refractivity contribution in [3.8, 4) is 0 Å². The predicted molar refractivity (Wildman–Crippen MR) is 185 cm³/mol. The molecule has 0 aliphatic rings. The molecule has 0 aliphatic heterocycles. The number of thiazole rings is 1. The molecule has 0 saturated carbocycles. The number of urea groups is 1. The molecule has 2 aromatic carbocycles. The first kappa shape index (κ1) is 36.5. The summed E-state index contributed by atoms with van der Waals surface area (Å²) in [5.41, 5.74) is 3.02. The summed E-state index contributed by atoms with van der Waals surface area (Å²) >= 11 is 1.59. The first-order valence-corrected chi connectivity index (χ1v) is 17.1.